The van der Waals surface area contributed by atoms with E-state index in [-0.39, 0.29) is 11.3 Å². The highest BCUT2D eigenvalue weighted by molar-refractivity contribution is 9.10. The Kier molecular flexibility index (Phi) is 3.94. The summed E-state index contributed by atoms with van der Waals surface area (Å²) in [5.74, 6) is 0.139. The molecule has 2 nitrogen and oxygen atoms in total. The number of nitrogens with one attached hydrogen (secondary N) is 1. The largest absolute Gasteiger partial charge is 0.325 e. The standard InChI is InChI=1S/C16H16BrNOS/c17-12-5-7-13(8-6-12)18-15(19)16(9-1-2-10-16)14-4-3-11-20-14/h3-8,11H,1-2,9-10H2,(H,18,19). The van der Waals surface area contributed by atoms with Gasteiger partial charge in [-0.2, -0.15) is 0 Å². The molecule has 104 valence electrons. The fourth-order valence-corrected chi connectivity index (χ4v) is 4.15. The van der Waals surface area contributed by atoms with Crippen molar-refractivity contribution in [3.63, 3.8) is 0 Å². The monoisotopic (exact) mass is 349 g/mol. The number of rotatable bonds is 3. The molecule has 0 spiro atoms. The molecule has 20 heavy (non-hydrogen) atoms. The van der Waals surface area contributed by atoms with Crippen LogP contribution in [0.2, 0.25) is 0 Å². The summed E-state index contributed by atoms with van der Waals surface area (Å²) in [4.78, 5) is 14.0. The van der Waals surface area contributed by atoms with Crippen LogP contribution in [-0.2, 0) is 10.2 Å². The van der Waals surface area contributed by atoms with Gasteiger partial charge in [0.25, 0.3) is 0 Å². The number of thiophene rings is 1. The van der Waals surface area contributed by atoms with Crippen LogP contribution in [0.25, 0.3) is 0 Å². The van der Waals surface area contributed by atoms with Gasteiger partial charge in [0.1, 0.15) is 0 Å². The Balaban J connectivity index is 1.85. The predicted octanol–water partition coefficient (Wildman–Crippen LogP) is 4.96. The normalized spacial score (nSPS) is 17.1. The lowest BCUT2D eigenvalue weighted by Crippen LogP contribution is -2.37. The summed E-state index contributed by atoms with van der Waals surface area (Å²) in [6.07, 6.45) is 4.17. The fraction of sp³-hybridized carbons (Fsp3) is 0.312. The van der Waals surface area contributed by atoms with Crippen molar-refractivity contribution in [2.24, 2.45) is 0 Å². The topological polar surface area (TPSA) is 29.1 Å². The van der Waals surface area contributed by atoms with E-state index < -0.39 is 0 Å². The first kappa shape index (κ1) is 13.8. The molecule has 4 heteroatoms. The Labute approximate surface area is 131 Å². The summed E-state index contributed by atoms with van der Waals surface area (Å²) in [6, 6.07) is 11.9. The molecule has 3 rings (SSSR count). The highest BCUT2D eigenvalue weighted by atomic mass is 79.9. The van der Waals surface area contributed by atoms with Crippen molar-refractivity contribution in [1.82, 2.24) is 0 Å². The molecule has 1 aromatic heterocycles. The van der Waals surface area contributed by atoms with Gasteiger partial charge in [-0.05, 0) is 48.6 Å². The number of amides is 1. The van der Waals surface area contributed by atoms with E-state index in [1.165, 1.54) is 4.88 Å². The van der Waals surface area contributed by atoms with Gasteiger partial charge in [0.2, 0.25) is 5.91 Å². The van der Waals surface area contributed by atoms with Crippen LogP contribution in [0.4, 0.5) is 5.69 Å². The summed E-state index contributed by atoms with van der Waals surface area (Å²) in [6.45, 7) is 0. The molecular formula is C16H16BrNOS. The lowest BCUT2D eigenvalue weighted by molar-refractivity contribution is -0.121. The molecule has 1 amide bonds. The maximum atomic E-state index is 12.8. The Morgan fingerprint density at radius 2 is 1.85 bits per heavy atom. The first-order chi connectivity index (χ1) is 9.71. The number of halogens is 1. The molecule has 0 atom stereocenters. The van der Waals surface area contributed by atoms with Crippen molar-refractivity contribution in [1.29, 1.82) is 0 Å². The molecule has 2 aromatic rings. The van der Waals surface area contributed by atoms with Crippen molar-refractivity contribution < 1.29 is 4.79 Å². The van der Waals surface area contributed by atoms with E-state index in [2.05, 4.69) is 32.7 Å². The zero-order chi connectivity index (χ0) is 14.0. The van der Waals surface area contributed by atoms with Gasteiger partial charge in [-0.25, -0.2) is 0 Å². The van der Waals surface area contributed by atoms with Crippen molar-refractivity contribution in [2.75, 3.05) is 5.32 Å². The van der Waals surface area contributed by atoms with E-state index in [0.717, 1.165) is 35.8 Å². The molecule has 0 saturated heterocycles. The fourth-order valence-electron chi connectivity index (χ4n) is 2.90. The highest BCUT2D eigenvalue weighted by Gasteiger charge is 2.43. The smallest absolute Gasteiger partial charge is 0.235 e. The lowest BCUT2D eigenvalue weighted by atomic mass is 9.83. The summed E-state index contributed by atoms with van der Waals surface area (Å²) in [7, 11) is 0. The molecule has 0 bridgehead atoms. The van der Waals surface area contributed by atoms with Crippen LogP contribution >= 0.6 is 27.3 Å². The molecule has 0 aliphatic heterocycles. The van der Waals surface area contributed by atoms with Crippen LogP contribution < -0.4 is 5.32 Å². The lowest BCUT2D eigenvalue weighted by Gasteiger charge is -2.26. The van der Waals surface area contributed by atoms with E-state index in [1.807, 2.05) is 30.3 Å². The van der Waals surface area contributed by atoms with E-state index in [9.17, 15) is 4.79 Å². The summed E-state index contributed by atoms with van der Waals surface area (Å²) in [5.41, 5.74) is 0.544. The molecule has 1 aliphatic carbocycles. The minimum atomic E-state index is -0.318. The van der Waals surface area contributed by atoms with E-state index in [4.69, 9.17) is 0 Å². The Hall–Kier alpha value is -1.13. The molecule has 1 aromatic carbocycles. The van der Waals surface area contributed by atoms with Gasteiger partial charge in [-0.15, -0.1) is 11.3 Å². The maximum Gasteiger partial charge on any atom is 0.235 e. The van der Waals surface area contributed by atoms with Crippen LogP contribution in [0.3, 0.4) is 0 Å². The van der Waals surface area contributed by atoms with Crippen LogP contribution in [0.1, 0.15) is 30.6 Å². The summed E-state index contributed by atoms with van der Waals surface area (Å²) in [5, 5.41) is 5.14. The van der Waals surface area contributed by atoms with Crippen LogP contribution in [0.5, 0.6) is 0 Å². The number of anilines is 1. The van der Waals surface area contributed by atoms with E-state index in [0.29, 0.717) is 0 Å². The highest BCUT2D eigenvalue weighted by Crippen LogP contribution is 2.43. The molecule has 1 saturated carbocycles. The Morgan fingerprint density at radius 3 is 2.45 bits per heavy atom. The SMILES string of the molecule is O=C(Nc1ccc(Br)cc1)C1(c2cccs2)CCCC1. The summed E-state index contributed by atoms with van der Waals surface area (Å²) < 4.78 is 1.02. The average Bonchev–Trinajstić information content (AvgIpc) is 3.12. The van der Waals surface area contributed by atoms with Gasteiger partial charge in [-0.3, -0.25) is 4.79 Å². The Morgan fingerprint density at radius 1 is 1.15 bits per heavy atom. The van der Waals surface area contributed by atoms with Gasteiger partial charge >= 0.3 is 0 Å². The van der Waals surface area contributed by atoms with Gasteiger partial charge < -0.3 is 5.32 Å². The van der Waals surface area contributed by atoms with Crippen LogP contribution in [0, 0.1) is 0 Å². The molecule has 1 aliphatic rings. The number of benzene rings is 1. The molecule has 1 heterocycles. The third-order valence-corrected chi connectivity index (χ3v) is 5.59. The molecule has 1 fully saturated rings. The minimum absolute atomic E-state index is 0.139. The van der Waals surface area contributed by atoms with Crippen molar-refractivity contribution in [3.05, 3.63) is 51.1 Å². The van der Waals surface area contributed by atoms with Crippen molar-refractivity contribution in [2.45, 2.75) is 31.1 Å². The quantitative estimate of drug-likeness (QED) is 0.833. The van der Waals surface area contributed by atoms with Gasteiger partial charge in [-0.1, -0.05) is 34.8 Å². The number of carbonyl (C=O) groups is 1. The molecule has 0 radical (unpaired) electrons. The average molecular weight is 350 g/mol. The zero-order valence-electron chi connectivity index (χ0n) is 11.1. The zero-order valence-corrected chi connectivity index (χ0v) is 13.5. The van der Waals surface area contributed by atoms with Crippen molar-refractivity contribution >= 4 is 38.9 Å². The van der Waals surface area contributed by atoms with Gasteiger partial charge in [0.15, 0.2) is 0 Å². The molecule has 1 N–H and O–H groups in total. The van der Waals surface area contributed by atoms with Gasteiger partial charge in [0, 0.05) is 15.0 Å². The first-order valence-electron chi connectivity index (χ1n) is 6.82. The van der Waals surface area contributed by atoms with Gasteiger partial charge in [0.05, 0.1) is 5.41 Å². The Bertz CT molecular complexity index is 585. The molecular weight excluding hydrogens is 334 g/mol. The number of hydrogen-bond donors (Lipinski definition) is 1. The van der Waals surface area contributed by atoms with Crippen LogP contribution in [-0.4, -0.2) is 5.91 Å². The number of carbonyl (C=O) groups excluding carboxylic acids is 1. The van der Waals surface area contributed by atoms with Crippen molar-refractivity contribution in [3.8, 4) is 0 Å². The predicted molar refractivity (Wildman–Crippen MR) is 87.2 cm³/mol. The maximum absolute atomic E-state index is 12.8. The second kappa shape index (κ2) is 5.70. The third kappa shape index (κ3) is 2.54. The molecule has 0 unspecified atom stereocenters. The van der Waals surface area contributed by atoms with E-state index >= 15 is 0 Å². The second-order valence-corrected chi connectivity index (χ2v) is 7.09. The third-order valence-electron chi connectivity index (χ3n) is 3.99. The van der Waals surface area contributed by atoms with Crippen LogP contribution in [0.15, 0.2) is 46.3 Å². The summed E-state index contributed by atoms with van der Waals surface area (Å²) >= 11 is 5.10. The number of hydrogen-bond acceptors (Lipinski definition) is 2. The first-order valence-corrected chi connectivity index (χ1v) is 8.49. The second-order valence-electron chi connectivity index (χ2n) is 5.23. The minimum Gasteiger partial charge on any atom is -0.325 e. The van der Waals surface area contributed by atoms with E-state index in [1.54, 1.807) is 11.3 Å².